The van der Waals surface area contributed by atoms with Gasteiger partial charge in [-0.05, 0) is 32.8 Å². The highest BCUT2D eigenvalue weighted by Gasteiger charge is 2.83. The van der Waals surface area contributed by atoms with Gasteiger partial charge in [0.25, 0.3) is 0 Å². The molecule has 1 spiro atoms. The zero-order valence-corrected chi connectivity index (χ0v) is 16.0. The lowest BCUT2D eigenvalue weighted by atomic mass is 9.51. The summed E-state index contributed by atoms with van der Waals surface area (Å²) in [5.74, 6) is -0.367. The molecule has 2 bridgehead atoms. The standard InChI is InChI=1S/C20H28O6/c1-10(2)6-14(21)25-12-8-18(4)13(7-11(12)3)26-17-15(22)16(23)19(18,5)20(17)9-24-20/h6-7,12-13,15-17,22-23H,8-9H2,1-5H3/t12-,13-,15-,16-,17-,18+,19-,20+/m1/s1. The topological polar surface area (TPSA) is 88.5 Å². The van der Waals surface area contributed by atoms with Crippen molar-refractivity contribution in [2.45, 2.75) is 77.2 Å². The van der Waals surface area contributed by atoms with Gasteiger partial charge < -0.3 is 24.4 Å². The van der Waals surface area contributed by atoms with E-state index in [9.17, 15) is 15.0 Å². The number of ether oxygens (including phenoxy) is 3. The Labute approximate surface area is 153 Å². The molecule has 4 aliphatic rings. The van der Waals surface area contributed by atoms with Crippen molar-refractivity contribution in [3.05, 3.63) is 23.3 Å². The third-order valence-corrected chi connectivity index (χ3v) is 7.32. The number of carbonyl (C=O) groups excluding carboxylic acids is 1. The number of carbonyl (C=O) groups is 1. The first-order chi connectivity index (χ1) is 12.1. The van der Waals surface area contributed by atoms with E-state index in [4.69, 9.17) is 14.2 Å². The molecule has 2 aliphatic heterocycles. The Morgan fingerprint density at radius 3 is 2.58 bits per heavy atom. The molecule has 0 aromatic heterocycles. The summed E-state index contributed by atoms with van der Waals surface area (Å²) in [7, 11) is 0. The minimum atomic E-state index is -0.981. The van der Waals surface area contributed by atoms with Crippen LogP contribution < -0.4 is 0 Å². The summed E-state index contributed by atoms with van der Waals surface area (Å²) in [6.45, 7) is 10.1. The monoisotopic (exact) mass is 364 g/mol. The van der Waals surface area contributed by atoms with E-state index in [-0.39, 0.29) is 12.1 Å². The summed E-state index contributed by atoms with van der Waals surface area (Å²) in [5.41, 5.74) is -0.0721. The van der Waals surface area contributed by atoms with Crippen LogP contribution in [-0.2, 0) is 19.0 Å². The maximum absolute atomic E-state index is 12.2. The van der Waals surface area contributed by atoms with Crippen molar-refractivity contribution < 1.29 is 29.2 Å². The number of esters is 1. The van der Waals surface area contributed by atoms with Crippen LogP contribution in [0.5, 0.6) is 0 Å². The molecule has 2 aliphatic carbocycles. The fraction of sp³-hybridized carbons (Fsp3) is 0.750. The van der Waals surface area contributed by atoms with Crippen molar-refractivity contribution in [2.75, 3.05) is 6.61 Å². The number of allylic oxidation sites excluding steroid dienone is 1. The molecule has 6 nitrogen and oxygen atoms in total. The molecule has 2 heterocycles. The lowest BCUT2D eigenvalue weighted by Gasteiger charge is -2.57. The molecule has 2 saturated heterocycles. The van der Waals surface area contributed by atoms with Gasteiger partial charge in [0.05, 0.1) is 18.8 Å². The highest BCUT2D eigenvalue weighted by Crippen LogP contribution is 2.71. The number of aliphatic hydroxyl groups excluding tert-OH is 2. The third kappa shape index (κ3) is 2.04. The first kappa shape index (κ1) is 18.2. The molecule has 8 atom stereocenters. The molecular formula is C20H28O6. The lowest BCUT2D eigenvalue weighted by Crippen LogP contribution is -2.64. The van der Waals surface area contributed by atoms with Gasteiger partial charge in [0.15, 0.2) is 0 Å². The predicted molar refractivity (Wildman–Crippen MR) is 93.3 cm³/mol. The van der Waals surface area contributed by atoms with E-state index >= 15 is 0 Å². The third-order valence-electron chi connectivity index (χ3n) is 7.32. The van der Waals surface area contributed by atoms with E-state index < -0.39 is 40.8 Å². The molecule has 0 aromatic rings. The smallest absolute Gasteiger partial charge is 0.331 e. The molecule has 0 aromatic carbocycles. The Bertz CT molecular complexity index is 703. The summed E-state index contributed by atoms with van der Waals surface area (Å²) < 4.78 is 17.7. The van der Waals surface area contributed by atoms with Gasteiger partial charge in [-0.1, -0.05) is 25.5 Å². The van der Waals surface area contributed by atoms with E-state index in [2.05, 4.69) is 0 Å². The van der Waals surface area contributed by atoms with Crippen LogP contribution in [0.3, 0.4) is 0 Å². The number of hydrogen-bond donors (Lipinski definition) is 2. The van der Waals surface area contributed by atoms with Crippen LogP contribution in [0.4, 0.5) is 0 Å². The van der Waals surface area contributed by atoms with Crippen molar-refractivity contribution in [2.24, 2.45) is 10.8 Å². The number of hydrogen-bond acceptors (Lipinski definition) is 6. The molecule has 6 heteroatoms. The van der Waals surface area contributed by atoms with Gasteiger partial charge in [0.1, 0.15) is 23.9 Å². The molecule has 0 amide bonds. The Hall–Kier alpha value is -1.21. The van der Waals surface area contributed by atoms with Crippen molar-refractivity contribution in [3.8, 4) is 0 Å². The van der Waals surface area contributed by atoms with Gasteiger partial charge >= 0.3 is 5.97 Å². The minimum Gasteiger partial charge on any atom is -0.455 e. The van der Waals surface area contributed by atoms with Crippen LogP contribution >= 0.6 is 0 Å². The predicted octanol–water partition coefficient (Wildman–Crippen LogP) is 1.50. The van der Waals surface area contributed by atoms with Gasteiger partial charge in [0, 0.05) is 16.9 Å². The maximum Gasteiger partial charge on any atom is 0.331 e. The Morgan fingerprint density at radius 2 is 2.00 bits per heavy atom. The lowest BCUT2D eigenvalue weighted by molar-refractivity contribution is -0.215. The van der Waals surface area contributed by atoms with E-state index in [0.717, 1.165) is 11.1 Å². The van der Waals surface area contributed by atoms with Crippen molar-refractivity contribution in [1.82, 2.24) is 0 Å². The number of aliphatic hydroxyl groups is 2. The largest absolute Gasteiger partial charge is 0.455 e. The number of fused-ring (bicyclic) bond motifs is 2. The van der Waals surface area contributed by atoms with Crippen molar-refractivity contribution >= 4 is 5.97 Å². The quantitative estimate of drug-likeness (QED) is 0.334. The van der Waals surface area contributed by atoms with E-state index in [1.165, 1.54) is 6.08 Å². The zero-order chi connectivity index (χ0) is 19.1. The fourth-order valence-corrected chi connectivity index (χ4v) is 5.47. The Kier molecular flexibility index (Phi) is 3.78. The fourth-order valence-electron chi connectivity index (χ4n) is 5.47. The van der Waals surface area contributed by atoms with E-state index in [0.29, 0.717) is 13.0 Å². The molecule has 4 rings (SSSR count). The second-order valence-corrected chi connectivity index (χ2v) is 8.97. The minimum absolute atomic E-state index is 0.266. The summed E-state index contributed by atoms with van der Waals surface area (Å²) in [4.78, 5) is 12.2. The Morgan fingerprint density at radius 1 is 1.35 bits per heavy atom. The average Bonchev–Trinajstić information content (AvgIpc) is 3.32. The van der Waals surface area contributed by atoms with Gasteiger partial charge in [0.2, 0.25) is 0 Å². The van der Waals surface area contributed by atoms with Gasteiger partial charge in [-0.25, -0.2) is 4.79 Å². The second kappa shape index (κ2) is 5.41. The van der Waals surface area contributed by atoms with Crippen LogP contribution in [0, 0.1) is 10.8 Å². The molecule has 144 valence electrons. The zero-order valence-electron chi connectivity index (χ0n) is 16.0. The highest BCUT2D eigenvalue weighted by atomic mass is 16.6. The summed E-state index contributed by atoms with van der Waals surface area (Å²) in [6, 6.07) is 0. The van der Waals surface area contributed by atoms with Crippen LogP contribution in [0.1, 0.15) is 41.0 Å². The SMILES string of the molecule is CC(C)=CC(=O)O[C@@H]1C[C@@]2(C)[C@@H](C=C1C)O[C@@H]1[C@H](O)[C@@H](O)[C@@]2(C)[C@]12CO2. The molecule has 0 radical (unpaired) electrons. The molecule has 1 saturated carbocycles. The first-order valence-corrected chi connectivity index (χ1v) is 9.26. The first-order valence-electron chi connectivity index (χ1n) is 9.26. The molecule has 0 unspecified atom stereocenters. The van der Waals surface area contributed by atoms with Crippen LogP contribution in [0.25, 0.3) is 0 Å². The van der Waals surface area contributed by atoms with Crippen molar-refractivity contribution in [3.63, 3.8) is 0 Å². The molecule has 3 fully saturated rings. The van der Waals surface area contributed by atoms with Gasteiger partial charge in [-0.15, -0.1) is 0 Å². The average molecular weight is 364 g/mol. The van der Waals surface area contributed by atoms with Gasteiger partial charge in [-0.2, -0.15) is 0 Å². The molecule has 26 heavy (non-hydrogen) atoms. The van der Waals surface area contributed by atoms with E-state index in [1.54, 1.807) is 0 Å². The maximum atomic E-state index is 12.2. The molecular weight excluding hydrogens is 336 g/mol. The summed E-state index contributed by atoms with van der Waals surface area (Å²) in [6.07, 6.45) is 0.854. The summed E-state index contributed by atoms with van der Waals surface area (Å²) >= 11 is 0. The van der Waals surface area contributed by atoms with Crippen molar-refractivity contribution in [1.29, 1.82) is 0 Å². The highest BCUT2D eigenvalue weighted by molar-refractivity contribution is 5.83. The Balaban J connectivity index is 1.71. The van der Waals surface area contributed by atoms with E-state index in [1.807, 2.05) is 40.7 Å². The van der Waals surface area contributed by atoms with Gasteiger partial charge in [-0.3, -0.25) is 0 Å². The van der Waals surface area contributed by atoms with Crippen LogP contribution in [-0.4, -0.2) is 58.9 Å². The second-order valence-electron chi connectivity index (χ2n) is 8.97. The van der Waals surface area contributed by atoms with Crippen LogP contribution in [0.15, 0.2) is 23.3 Å². The number of rotatable bonds is 2. The number of epoxide rings is 1. The van der Waals surface area contributed by atoms with Crippen LogP contribution in [0.2, 0.25) is 0 Å². The summed E-state index contributed by atoms with van der Waals surface area (Å²) in [5, 5.41) is 21.5. The molecule has 2 N–H and O–H groups in total. The normalized spacial score (nSPS) is 51.5.